The summed E-state index contributed by atoms with van der Waals surface area (Å²) in [5.74, 6) is 0.982. The monoisotopic (exact) mass is 376 g/mol. The average Bonchev–Trinajstić information content (AvgIpc) is 3.02. The minimum Gasteiger partial charge on any atom is -0.488 e. The van der Waals surface area contributed by atoms with Crippen LogP contribution >= 0.6 is 15.9 Å². The molecule has 3 aliphatic heterocycles. The molecule has 3 heterocycles. The van der Waals surface area contributed by atoms with Crippen molar-refractivity contribution in [3.05, 3.63) is 33.8 Å². The standard InChI is InChI=1S/C18H21BrN2O2/c19-15-1-2-16-13(10-15)9-14(11-23-16)17(22)21-7-4-18(5-8-21)3-6-20-12-18/h1-2,9-10,20H,3-8,11-12H2. The van der Waals surface area contributed by atoms with Gasteiger partial charge < -0.3 is 15.0 Å². The maximum atomic E-state index is 12.8. The normalized spacial score (nSPS) is 22.5. The molecular formula is C18H21BrN2O2. The van der Waals surface area contributed by atoms with Crippen molar-refractivity contribution in [3.63, 3.8) is 0 Å². The fourth-order valence-corrected chi connectivity index (χ4v) is 4.26. The minimum absolute atomic E-state index is 0.136. The second-order valence-electron chi connectivity index (χ2n) is 6.86. The van der Waals surface area contributed by atoms with Crippen LogP contribution in [0.1, 0.15) is 24.8 Å². The zero-order chi connectivity index (χ0) is 15.9. The van der Waals surface area contributed by atoms with Crippen molar-refractivity contribution in [2.75, 3.05) is 32.8 Å². The van der Waals surface area contributed by atoms with Crippen LogP contribution in [-0.2, 0) is 4.79 Å². The van der Waals surface area contributed by atoms with Gasteiger partial charge in [-0.25, -0.2) is 0 Å². The van der Waals surface area contributed by atoms with Crippen LogP contribution in [-0.4, -0.2) is 43.6 Å². The predicted octanol–water partition coefficient (Wildman–Crippen LogP) is 2.83. The first kappa shape index (κ1) is 15.2. The quantitative estimate of drug-likeness (QED) is 0.819. The molecule has 0 aromatic heterocycles. The molecule has 1 spiro atoms. The van der Waals surface area contributed by atoms with E-state index >= 15 is 0 Å². The number of ether oxygens (including phenoxy) is 1. The molecule has 3 aliphatic rings. The summed E-state index contributed by atoms with van der Waals surface area (Å²) in [5.41, 5.74) is 2.17. The van der Waals surface area contributed by atoms with Gasteiger partial charge in [-0.15, -0.1) is 0 Å². The second kappa shape index (κ2) is 5.95. The van der Waals surface area contributed by atoms with E-state index in [2.05, 4.69) is 21.2 Å². The van der Waals surface area contributed by atoms with E-state index in [-0.39, 0.29) is 5.91 Å². The van der Waals surface area contributed by atoms with Gasteiger partial charge in [0.25, 0.3) is 5.91 Å². The number of hydrogen-bond acceptors (Lipinski definition) is 3. The number of nitrogens with zero attached hydrogens (tertiary/aromatic N) is 1. The lowest BCUT2D eigenvalue weighted by atomic mass is 9.77. The van der Waals surface area contributed by atoms with Gasteiger partial charge in [-0.2, -0.15) is 0 Å². The molecule has 1 N–H and O–H groups in total. The van der Waals surface area contributed by atoms with Crippen LogP contribution in [0.3, 0.4) is 0 Å². The van der Waals surface area contributed by atoms with Gasteiger partial charge in [-0.3, -0.25) is 4.79 Å². The largest absolute Gasteiger partial charge is 0.488 e. The number of carbonyl (C=O) groups excluding carboxylic acids is 1. The first-order chi connectivity index (χ1) is 11.2. The molecule has 0 atom stereocenters. The van der Waals surface area contributed by atoms with Crippen LogP contribution in [0.4, 0.5) is 0 Å². The number of fused-ring (bicyclic) bond motifs is 1. The van der Waals surface area contributed by atoms with Crippen molar-refractivity contribution in [2.45, 2.75) is 19.3 Å². The molecule has 0 radical (unpaired) electrons. The number of benzene rings is 1. The van der Waals surface area contributed by atoms with Crippen molar-refractivity contribution in [2.24, 2.45) is 5.41 Å². The van der Waals surface area contributed by atoms with Crippen molar-refractivity contribution >= 4 is 27.9 Å². The Labute approximate surface area is 145 Å². The van der Waals surface area contributed by atoms with Gasteiger partial charge in [0.2, 0.25) is 0 Å². The highest BCUT2D eigenvalue weighted by atomic mass is 79.9. The topological polar surface area (TPSA) is 41.6 Å². The number of amides is 1. The maximum Gasteiger partial charge on any atom is 0.253 e. The zero-order valence-electron chi connectivity index (χ0n) is 13.1. The molecule has 2 saturated heterocycles. The number of nitrogens with one attached hydrogen (secondary N) is 1. The third-order valence-corrected chi connectivity index (χ3v) is 5.90. The first-order valence-corrected chi connectivity index (χ1v) is 9.08. The Morgan fingerprint density at radius 2 is 2.09 bits per heavy atom. The number of hydrogen-bond donors (Lipinski definition) is 1. The molecule has 4 rings (SSSR count). The molecule has 0 unspecified atom stereocenters. The summed E-state index contributed by atoms with van der Waals surface area (Å²) in [6.45, 7) is 4.34. The smallest absolute Gasteiger partial charge is 0.253 e. The van der Waals surface area contributed by atoms with E-state index in [1.54, 1.807) is 0 Å². The SMILES string of the molecule is O=C(C1=Cc2cc(Br)ccc2OC1)N1CCC2(CCNC2)CC1. The van der Waals surface area contributed by atoms with Crippen molar-refractivity contribution in [1.29, 1.82) is 0 Å². The van der Waals surface area contributed by atoms with Gasteiger partial charge in [-0.05, 0) is 55.5 Å². The molecule has 2 fully saturated rings. The highest BCUT2D eigenvalue weighted by Gasteiger charge is 2.38. The average molecular weight is 377 g/mol. The number of carbonyl (C=O) groups is 1. The fourth-order valence-electron chi connectivity index (χ4n) is 3.88. The second-order valence-corrected chi connectivity index (χ2v) is 7.78. The van der Waals surface area contributed by atoms with Gasteiger partial charge >= 0.3 is 0 Å². The summed E-state index contributed by atoms with van der Waals surface area (Å²) >= 11 is 3.47. The summed E-state index contributed by atoms with van der Waals surface area (Å²) in [5, 5.41) is 3.47. The lowest BCUT2D eigenvalue weighted by molar-refractivity contribution is -0.129. The van der Waals surface area contributed by atoms with Crippen molar-refractivity contribution < 1.29 is 9.53 Å². The molecule has 4 nitrogen and oxygen atoms in total. The molecular weight excluding hydrogens is 356 g/mol. The van der Waals surface area contributed by atoms with E-state index in [0.717, 1.165) is 60.4 Å². The molecule has 1 aromatic rings. The Hall–Kier alpha value is -1.33. The minimum atomic E-state index is 0.136. The summed E-state index contributed by atoms with van der Waals surface area (Å²) in [7, 11) is 0. The third-order valence-electron chi connectivity index (χ3n) is 5.40. The van der Waals surface area contributed by atoms with E-state index in [1.165, 1.54) is 6.42 Å². The molecule has 5 heteroatoms. The third kappa shape index (κ3) is 2.92. The number of halogens is 1. The van der Waals surface area contributed by atoms with Crippen LogP contribution in [0.15, 0.2) is 28.2 Å². The van der Waals surface area contributed by atoms with Crippen LogP contribution < -0.4 is 10.1 Å². The van der Waals surface area contributed by atoms with E-state index in [0.29, 0.717) is 12.0 Å². The first-order valence-electron chi connectivity index (χ1n) is 8.28. The lowest BCUT2D eigenvalue weighted by Crippen LogP contribution is -2.45. The van der Waals surface area contributed by atoms with E-state index in [4.69, 9.17) is 4.74 Å². The number of likely N-dealkylation sites (tertiary alicyclic amines) is 1. The van der Waals surface area contributed by atoms with Gasteiger partial charge in [0.05, 0.1) is 5.57 Å². The van der Waals surface area contributed by atoms with Crippen LogP contribution in [0.2, 0.25) is 0 Å². The van der Waals surface area contributed by atoms with E-state index < -0.39 is 0 Å². The van der Waals surface area contributed by atoms with Crippen LogP contribution in [0.5, 0.6) is 5.75 Å². The number of rotatable bonds is 1. The zero-order valence-corrected chi connectivity index (χ0v) is 14.7. The summed E-state index contributed by atoms with van der Waals surface area (Å²) in [4.78, 5) is 14.8. The fraction of sp³-hybridized carbons (Fsp3) is 0.500. The Bertz CT molecular complexity index is 655. The Morgan fingerprint density at radius 3 is 2.83 bits per heavy atom. The van der Waals surface area contributed by atoms with Gasteiger partial charge in [0.1, 0.15) is 12.4 Å². The van der Waals surface area contributed by atoms with Gasteiger partial charge in [0.15, 0.2) is 0 Å². The highest BCUT2D eigenvalue weighted by Crippen LogP contribution is 2.37. The Balaban J connectivity index is 1.47. The van der Waals surface area contributed by atoms with Gasteiger partial charge in [-0.1, -0.05) is 15.9 Å². The summed E-state index contributed by atoms with van der Waals surface area (Å²) in [6, 6.07) is 5.89. The maximum absolute atomic E-state index is 12.8. The molecule has 0 aliphatic carbocycles. The van der Waals surface area contributed by atoms with Crippen molar-refractivity contribution in [3.8, 4) is 5.75 Å². The summed E-state index contributed by atoms with van der Waals surface area (Å²) in [6.07, 6.45) is 5.46. The summed E-state index contributed by atoms with van der Waals surface area (Å²) < 4.78 is 6.75. The van der Waals surface area contributed by atoms with Crippen LogP contribution in [0, 0.1) is 5.41 Å². The molecule has 1 aromatic carbocycles. The Kier molecular flexibility index (Phi) is 3.93. The Morgan fingerprint density at radius 1 is 1.26 bits per heavy atom. The predicted molar refractivity (Wildman–Crippen MR) is 93.3 cm³/mol. The molecule has 23 heavy (non-hydrogen) atoms. The molecule has 0 bridgehead atoms. The number of piperidine rings is 1. The van der Waals surface area contributed by atoms with Crippen LogP contribution in [0.25, 0.3) is 6.08 Å². The van der Waals surface area contributed by atoms with Gasteiger partial charge in [0, 0.05) is 29.7 Å². The molecule has 0 saturated carbocycles. The molecule has 1 amide bonds. The molecule has 122 valence electrons. The highest BCUT2D eigenvalue weighted by molar-refractivity contribution is 9.10. The lowest BCUT2D eigenvalue weighted by Gasteiger charge is -2.39. The van der Waals surface area contributed by atoms with Crippen molar-refractivity contribution in [1.82, 2.24) is 10.2 Å². The van der Waals surface area contributed by atoms with E-state index in [1.807, 2.05) is 29.2 Å². The van der Waals surface area contributed by atoms with E-state index in [9.17, 15) is 4.79 Å².